The summed E-state index contributed by atoms with van der Waals surface area (Å²) in [7, 11) is 0. The second kappa shape index (κ2) is 5.63. The first kappa shape index (κ1) is 14.2. The lowest BCUT2D eigenvalue weighted by atomic mass is 9.87. The Bertz CT molecular complexity index is 442. The number of aromatic nitrogens is 1. The number of aliphatic hydroxyl groups is 1. The number of hydrogen-bond acceptors (Lipinski definition) is 5. The monoisotopic (exact) mass is 256 g/mol. The second-order valence-electron chi connectivity index (χ2n) is 4.54. The van der Waals surface area contributed by atoms with Crippen molar-refractivity contribution in [3.63, 3.8) is 0 Å². The number of carbonyl (C=O) groups is 2. The molecular weight excluding hydrogens is 240 g/mol. The molecule has 0 radical (unpaired) electrons. The van der Waals surface area contributed by atoms with E-state index < -0.39 is 17.3 Å². The molecule has 0 saturated carbocycles. The first-order valence-electron chi connectivity index (χ1n) is 5.40. The Balaban J connectivity index is 2.58. The van der Waals surface area contributed by atoms with Crippen LogP contribution >= 0.6 is 0 Å². The van der Waals surface area contributed by atoms with Gasteiger partial charge < -0.3 is 20.1 Å². The average Bonchev–Trinajstić information content (AvgIpc) is 2.72. The molecule has 1 aromatic rings. The molecule has 0 saturated heterocycles. The third-order valence-electron chi connectivity index (χ3n) is 2.50. The number of carboxylic acids is 1. The molecule has 0 aliphatic carbocycles. The maximum atomic E-state index is 11.6. The standard InChI is InChI=1S/C11H16N2O5/c1-7-3-8(13-18-7)10(17)12-5-11(2,6-14)4-9(15)16/h3,14H,4-6H2,1-2H3,(H,12,17)(H,15,16). The van der Waals surface area contributed by atoms with Crippen molar-refractivity contribution in [1.82, 2.24) is 10.5 Å². The normalized spacial score (nSPS) is 13.9. The van der Waals surface area contributed by atoms with Crippen molar-refractivity contribution in [3.05, 3.63) is 17.5 Å². The van der Waals surface area contributed by atoms with Gasteiger partial charge in [-0.05, 0) is 6.92 Å². The molecule has 0 bridgehead atoms. The van der Waals surface area contributed by atoms with E-state index in [9.17, 15) is 14.7 Å². The van der Waals surface area contributed by atoms with Gasteiger partial charge in [-0.15, -0.1) is 0 Å². The predicted octanol–water partition coefficient (Wildman–Crippen LogP) is 0.186. The van der Waals surface area contributed by atoms with Crippen molar-refractivity contribution in [3.8, 4) is 0 Å². The maximum absolute atomic E-state index is 11.6. The van der Waals surface area contributed by atoms with Gasteiger partial charge in [-0.1, -0.05) is 12.1 Å². The Hall–Kier alpha value is -1.89. The number of rotatable bonds is 6. The summed E-state index contributed by atoms with van der Waals surface area (Å²) in [6.07, 6.45) is -0.235. The third kappa shape index (κ3) is 3.85. The summed E-state index contributed by atoms with van der Waals surface area (Å²) < 4.78 is 4.75. The van der Waals surface area contributed by atoms with Crippen LogP contribution in [0.3, 0.4) is 0 Å². The minimum absolute atomic E-state index is 0.0422. The van der Waals surface area contributed by atoms with Crippen LogP contribution in [-0.4, -0.2) is 40.4 Å². The highest BCUT2D eigenvalue weighted by Crippen LogP contribution is 2.19. The summed E-state index contributed by atoms with van der Waals surface area (Å²) in [5, 5.41) is 23.9. The quantitative estimate of drug-likeness (QED) is 0.669. The zero-order chi connectivity index (χ0) is 13.8. The summed E-state index contributed by atoms with van der Waals surface area (Å²) in [6, 6.07) is 1.48. The minimum Gasteiger partial charge on any atom is -0.481 e. The van der Waals surface area contributed by atoms with Crippen LogP contribution in [0.25, 0.3) is 0 Å². The highest BCUT2D eigenvalue weighted by molar-refractivity contribution is 5.92. The predicted molar refractivity (Wildman–Crippen MR) is 61.0 cm³/mol. The SMILES string of the molecule is Cc1cc(C(=O)NCC(C)(CO)CC(=O)O)no1. The average molecular weight is 256 g/mol. The number of nitrogens with one attached hydrogen (secondary N) is 1. The van der Waals surface area contributed by atoms with E-state index >= 15 is 0 Å². The van der Waals surface area contributed by atoms with Crippen LogP contribution in [0.4, 0.5) is 0 Å². The van der Waals surface area contributed by atoms with E-state index in [0.29, 0.717) is 5.76 Å². The summed E-state index contributed by atoms with van der Waals surface area (Å²) in [4.78, 5) is 22.3. The van der Waals surface area contributed by atoms with Crippen LogP contribution in [0.2, 0.25) is 0 Å². The zero-order valence-electron chi connectivity index (χ0n) is 10.3. The fourth-order valence-electron chi connectivity index (χ4n) is 1.40. The van der Waals surface area contributed by atoms with Crippen LogP contribution in [0.15, 0.2) is 10.6 Å². The lowest BCUT2D eigenvalue weighted by Gasteiger charge is -2.25. The van der Waals surface area contributed by atoms with Crippen LogP contribution in [0.1, 0.15) is 29.6 Å². The van der Waals surface area contributed by atoms with Crippen molar-refractivity contribution >= 4 is 11.9 Å². The van der Waals surface area contributed by atoms with Gasteiger partial charge in [-0.25, -0.2) is 0 Å². The lowest BCUT2D eigenvalue weighted by Crippen LogP contribution is -2.39. The van der Waals surface area contributed by atoms with Crippen LogP contribution in [0, 0.1) is 12.3 Å². The summed E-state index contributed by atoms with van der Waals surface area (Å²) >= 11 is 0. The van der Waals surface area contributed by atoms with Gasteiger partial charge in [-0.3, -0.25) is 9.59 Å². The molecule has 1 unspecified atom stereocenters. The van der Waals surface area contributed by atoms with Crippen molar-refractivity contribution in [2.45, 2.75) is 20.3 Å². The Labute approximate surface area is 104 Å². The van der Waals surface area contributed by atoms with Crippen LogP contribution in [0.5, 0.6) is 0 Å². The summed E-state index contributed by atoms with van der Waals surface area (Å²) in [5.74, 6) is -0.981. The molecule has 0 spiro atoms. The topological polar surface area (TPSA) is 113 Å². The van der Waals surface area contributed by atoms with E-state index in [-0.39, 0.29) is 25.3 Å². The number of amides is 1. The molecule has 1 aromatic heterocycles. The summed E-state index contributed by atoms with van der Waals surface area (Å²) in [6.45, 7) is 2.94. The molecule has 1 amide bonds. The number of aliphatic carboxylic acids is 1. The Morgan fingerprint density at radius 3 is 2.67 bits per heavy atom. The van der Waals surface area contributed by atoms with Gasteiger partial charge in [0.15, 0.2) is 5.69 Å². The molecule has 3 N–H and O–H groups in total. The molecule has 0 aliphatic heterocycles. The molecule has 1 rings (SSSR count). The Morgan fingerprint density at radius 2 is 2.22 bits per heavy atom. The molecule has 0 aromatic carbocycles. The van der Waals surface area contributed by atoms with Crippen molar-refractivity contribution in [1.29, 1.82) is 0 Å². The number of aryl methyl sites for hydroxylation is 1. The van der Waals surface area contributed by atoms with Gasteiger partial charge in [-0.2, -0.15) is 0 Å². The minimum atomic E-state index is -1.03. The number of aliphatic hydroxyl groups excluding tert-OH is 1. The summed E-state index contributed by atoms with van der Waals surface area (Å²) in [5.41, 5.74) is -0.775. The van der Waals surface area contributed by atoms with Gasteiger partial charge in [0, 0.05) is 18.0 Å². The highest BCUT2D eigenvalue weighted by atomic mass is 16.5. The van der Waals surface area contributed by atoms with Gasteiger partial charge in [0.1, 0.15) is 5.76 Å². The fourth-order valence-corrected chi connectivity index (χ4v) is 1.40. The van der Waals surface area contributed by atoms with E-state index in [2.05, 4.69) is 10.5 Å². The van der Waals surface area contributed by atoms with Crippen molar-refractivity contribution < 1.29 is 24.3 Å². The smallest absolute Gasteiger partial charge is 0.304 e. The van der Waals surface area contributed by atoms with Gasteiger partial charge in [0.05, 0.1) is 13.0 Å². The Morgan fingerprint density at radius 1 is 1.56 bits per heavy atom. The zero-order valence-corrected chi connectivity index (χ0v) is 10.3. The molecule has 0 aliphatic rings. The molecule has 100 valence electrons. The Kier molecular flexibility index (Phi) is 4.43. The van der Waals surface area contributed by atoms with Crippen LogP contribution in [-0.2, 0) is 4.79 Å². The maximum Gasteiger partial charge on any atom is 0.304 e. The van der Waals surface area contributed by atoms with E-state index in [1.165, 1.54) is 6.07 Å². The molecule has 7 nitrogen and oxygen atoms in total. The number of hydrogen-bond donors (Lipinski definition) is 3. The van der Waals surface area contributed by atoms with E-state index in [4.69, 9.17) is 9.63 Å². The molecular formula is C11H16N2O5. The first-order chi connectivity index (χ1) is 8.36. The molecule has 1 atom stereocenters. The third-order valence-corrected chi connectivity index (χ3v) is 2.50. The molecule has 0 fully saturated rings. The second-order valence-corrected chi connectivity index (χ2v) is 4.54. The largest absolute Gasteiger partial charge is 0.481 e. The number of carbonyl (C=O) groups excluding carboxylic acids is 1. The lowest BCUT2D eigenvalue weighted by molar-refractivity contribution is -0.140. The van der Waals surface area contributed by atoms with Crippen molar-refractivity contribution in [2.75, 3.05) is 13.2 Å². The van der Waals surface area contributed by atoms with Gasteiger partial charge in [0.2, 0.25) is 0 Å². The number of carboxylic acid groups (broad SMARTS) is 1. The molecule has 7 heteroatoms. The van der Waals surface area contributed by atoms with Crippen LogP contribution < -0.4 is 5.32 Å². The van der Waals surface area contributed by atoms with E-state index in [1.807, 2.05) is 0 Å². The van der Waals surface area contributed by atoms with E-state index in [0.717, 1.165) is 0 Å². The molecule has 18 heavy (non-hydrogen) atoms. The fraction of sp³-hybridized carbons (Fsp3) is 0.545. The van der Waals surface area contributed by atoms with Gasteiger partial charge in [0.25, 0.3) is 5.91 Å². The van der Waals surface area contributed by atoms with Crippen molar-refractivity contribution in [2.24, 2.45) is 5.41 Å². The first-order valence-corrected chi connectivity index (χ1v) is 5.40. The highest BCUT2D eigenvalue weighted by Gasteiger charge is 2.28. The van der Waals surface area contributed by atoms with E-state index in [1.54, 1.807) is 13.8 Å². The van der Waals surface area contributed by atoms with Gasteiger partial charge >= 0.3 is 5.97 Å². The molecule has 1 heterocycles. The number of nitrogens with zero attached hydrogens (tertiary/aromatic N) is 1.